The Morgan fingerprint density at radius 2 is 2.22 bits per heavy atom. The van der Waals surface area contributed by atoms with E-state index >= 15 is 0 Å². The third kappa shape index (κ3) is 4.01. The highest BCUT2D eigenvalue weighted by Crippen LogP contribution is 2.18. The lowest BCUT2D eigenvalue weighted by Crippen LogP contribution is -2.24. The predicted octanol–water partition coefficient (Wildman–Crippen LogP) is 1.44. The van der Waals surface area contributed by atoms with E-state index < -0.39 is 5.97 Å². The lowest BCUT2D eigenvalue weighted by molar-refractivity contribution is 0.0695. The summed E-state index contributed by atoms with van der Waals surface area (Å²) in [5, 5.41) is 9.15. The van der Waals surface area contributed by atoms with Crippen LogP contribution in [0.3, 0.4) is 0 Å². The first-order valence-electron chi connectivity index (χ1n) is 5.93. The summed E-state index contributed by atoms with van der Waals surface area (Å²) in [6.07, 6.45) is 0. The number of carboxylic acid groups (broad SMARTS) is 1. The van der Waals surface area contributed by atoms with E-state index in [0.717, 1.165) is 12.1 Å². The minimum Gasteiger partial charge on any atom is -0.478 e. The highest BCUT2D eigenvalue weighted by atomic mass is 16.5. The van der Waals surface area contributed by atoms with Gasteiger partial charge in [-0.1, -0.05) is 12.1 Å². The molecule has 1 rings (SSSR count). The molecule has 0 aromatic heterocycles. The molecule has 0 fully saturated rings. The van der Waals surface area contributed by atoms with Gasteiger partial charge in [0.1, 0.15) is 0 Å². The van der Waals surface area contributed by atoms with E-state index in [0.29, 0.717) is 25.4 Å². The van der Waals surface area contributed by atoms with Crippen LogP contribution >= 0.6 is 0 Å². The van der Waals surface area contributed by atoms with Crippen LogP contribution in [0.1, 0.15) is 22.8 Å². The molecule has 0 amide bonds. The quantitative estimate of drug-likeness (QED) is 0.567. The van der Waals surface area contributed by atoms with Gasteiger partial charge >= 0.3 is 5.97 Å². The number of ether oxygens (including phenoxy) is 1. The molecule has 0 unspecified atom stereocenters. The highest BCUT2D eigenvalue weighted by molar-refractivity contribution is 5.95. The van der Waals surface area contributed by atoms with Gasteiger partial charge in [-0.25, -0.2) is 4.79 Å². The van der Waals surface area contributed by atoms with Crippen LogP contribution in [0.15, 0.2) is 18.2 Å². The average Bonchev–Trinajstić information content (AvgIpc) is 2.28. The molecule has 0 radical (unpaired) electrons. The van der Waals surface area contributed by atoms with Crippen LogP contribution in [0, 0.1) is 0 Å². The van der Waals surface area contributed by atoms with Gasteiger partial charge < -0.3 is 15.6 Å². The second-order valence-electron chi connectivity index (χ2n) is 4.12. The van der Waals surface area contributed by atoms with Gasteiger partial charge in [-0.05, 0) is 25.6 Å². The molecule has 0 bridgehead atoms. The van der Waals surface area contributed by atoms with Crippen molar-refractivity contribution in [2.45, 2.75) is 13.5 Å². The van der Waals surface area contributed by atoms with Gasteiger partial charge in [0.25, 0.3) is 0 Å². The molecule has 100 valence electrons. The third-order valence-corrected chi connectivity index (χ3v) is 2.66. The Kier molecular flexibility index (Phi) is 5.61. The maximum absolute atomic E-state index is 11.2. The van der Waals surface area contributed by atoms with Crippen molar-refractivity contribution in [2.75, 3.05) is 32.5 Å². The van der Waals surface area contributed by atoms with Crippen molar-refractivity contribution in [3.8, 4) is 0 Å². The number of nitrogen functional groups attached to an aromatic ring is 1. The van der Waals surface area contributed by atoms with Crippen LogP contribution < -0.4 is 5.73 Å². The molecule has 18 heavy (non-hydrogen) atoms. The largest absolute Gasteiger partial charge is 0.478 e. The fraction of sp³-hybridized carbons (Fsp3) is 0.462. The third-order valence-electron chi connectivity index (χ3n) is 2.66. The zero-order valence-electron chi connectivity index (χ0n) is 10.8. The van der Waals surface area contributed by atoms with Crippen LogP contribution in [0.2, 0.25) is 0 Å². The molecule has 3 N–H and O–H groups in total. The van der Waals surface area contributed by atoms with E-state index in [2.05, 4.69) is 0 Å². The molecule has 0 aliphatic carbocycles. The summed E-state index contributed by atoms with van der Waals surface area (Å²) in [5.74, 6) is -0.985. The molecule has 0 saturated heterocycles. The molecule has 0 spiro atoms. The molecule has 0 heterocycles. The van der Waals surface area contributed by atoms with E-state index in [1.165, 1.54) is 0 Å². The number of hydrogen-bond donors (Lipinski definition) is 2. The van der Waals surface area contributed by atoms with E-state index in [4.69, 9.17) is 15.6 Å². The minimum atomic E-state index is -0.985. The molecule has 1 aromatic rings. The number of anilines is 1. The Hall–Kier alpha value is -1.59. The number of hydrogen-bond acceptors (Lipinski definition) is 4. The number of likely N-dealkylation sites (N-methyl/N-ethyl adjacent to an activating group) is 1. The summed E-state index contributed by atoms with van der Waals surface area (Å²) < 4.78 is 5.26. The Morgan fingerprint density at radius 3 is 2.83 bits per heavy atom. The summed E-state index contributed by atoms with van der Waals surface area (Å²) in [5.41, 5.74) is 6.92. The number of rotatable bonds is 7. The van der Waals surface area contributed by atoms with Gasteiger partial charge in [-0.15, -0.1) is 0 Å². The number of carbonyl (C=O) groups is 1. The molecule has 0 saturated carbocycles. The van der Waals surface area contributed by atoms with E-state index in [1.807, 2.05) is 18.9 Å². The zero-order chi connectivity index (χ0) is 13.5. The molecule has 1 aromatic carbocycles. The van der Waals surface area contributed by atoms with Crippen LogP contribution in [0.25, 0.3) is 0 Å². The van der Waals surface area contributed by atoms with Gasteiger partial charge in [0, 0.05) is 25.4 Å². The summed E-state index contributed by atoms with van der Waals surface area (Å²) in [6.45, 7) is 4.56. The second kappa shape index (κ2) is 6.98. The number of carboxylic acids is 1. The Bertz CT molecular complexity index is 407. The lowest BCUT2D eigenvalue weighted by atomic mass is 10.1. The van der Waals surface area contributed by atoms with Gasteiger partial charge in [0.2, 0.25) is 0 Å². The molecule has 5 nitrogen and oxygen atoms in total. The van der Waals surface area contributed by atoms with Gasteiger partial charge in [-0.2, -0.15) is 0 Å². The number of nitrogens with two attached hydrogens (primary N) is 1. The standard InChI is InChI=1S/C13H20N2O3/c1-3-18-8-7-15(2)9-10-5-4-6-11(14)12(10)13(16)17/h4-6H,3,7-9,14H2,1-2H3,(H,16,17). The number of aromatic carboxylic acids is 1. The zero-order valence-corrected chi connectivity index (χ0v) is 10.8. The van der Waals surface area contributed by atoms with Crippen LogP contribution in [0.4, 0.5) is 5.69 Å². The predicted molar refractivity (Wildman–Crippen MR) is 70.6 cm³/mol. The molecule has 0 aliphatic heterocycles. The van der Waals surface area contributed by atoms with Gasteiger partial charge in [-0.3, -0.25) is 4.90 Å². The Labute approximate surface area is 107 Å². The van der Waals surface area contributed by atoms with E-state index in [-0.39, 0.29) is 5.56 Å². The SMILES string of the molecule is CCOCCN(C)Cc1cccc(N)c1C(=O)O. The van der Waals surface area contributed by atoms with Crippen molar-refractivity contribution < 1.29 is 14.6 Å². The van der Waals surface area contributed by atoms with Crippen LogP contribution in [0.5, 0.6) is 0 Å². The molecule has 0 atom stereocenters. The normalized spacial score (nSPS) is 10.8. The first kappa shape index (κ1) is 14.5. The molecular formula is C13H20N2O3. The maximum Gasteiger partial charge on any atom is 0.338 e. The fourth-order valence-electron chi connectivity index (χ4n) is 1.75. The Morgan fingerprint density at radius 1 is 1.50 bits per heavy atom. The van der Waals surface area contributed by atoms with Gasteiger partial charge in [0.05, 0.1) is 12.2 Å². The van der Waals surface area contributed by atoms with E-state index in [1.54, 1.807) is 18.2 Å². The monoisotopic (exact) mass is 252 g/mol. The van der Waals surface area contributed by atoms with Crippen molar-refractivity contribution in [3.63, 3.8) is 0 Å². The van der Waals surface area contributed by atoms with Crippen molar-refractivity contribution in [3.05, 3.63) is 29.3 Å². The van der Waals surface area contributed by atoms with Gasteiger partial charge in [0.15, 0.2) is 0 Å². The van der Waals surface area contributed by atoms with Crippen LogP contribution in [-0.4, -0.2) is 42.8 Å². The average molecular weight is 252 g/mol. The molecular weight excluding hydrogens is 232 g/mol. The smallest absolute Gasteiger partial charge is 0.338 e. The number of benzene rings is 1. The molecule has 5 heteroatoms. The van der Waals surface area contributed by atoms with Crippen LogP contribution in [-0.2, 0) is 11.3 Å². The summed E-state index contributed by atoms with van der Waals surface area (Å²) in [6, 6.07) is 5.16. The lowest BCUT2D eigenvalue weighted by Gasteiger charge is -2.18. The van der Waals surface area contributed by atoms with Crippen molar-refractivity contribution >= 4 is 11.7 Å². The summed E-state index contributed by atoms with van der Waals surface area (Å²) in [7, 11) is 1.92. The van der Waals surface area contributed by atoms with Crippen molar-refractivity contribution in [2.24, 2.45) is 0 Å². The summed E-state index contributed by atoms with van der Waals surface area (Å²) in [4.78, 5) is 13.2. The summed E-state index contributed by atoms with van der Waals surface area (Å²) >= 11 is 0. The topological polar surface area (TPSA) is 75.8 Å². The minimum absolute atomic E-state index is 0.195. The van der Waals surface area contributed by atoms with E-state index in [9.17, 15) is 4.79 Å². The van der Waals surface area contributed by atoms with Crippen molar-refractivity contribution in [1.29, 1.82) is 0 Å². The fourth-order valence-corrected chi connectivity index (χ4v) is 1.75. The second-order valence-corrected chi connectivity index (χ2v) is 4.12. The first-order valence-corrected chi connectivity index (χ1v) is 5.93. The first-order chi connectivity index (χ1) is 8.56. The Balaban J connectivity index is 2.72. The molecule has 0 aliphatic rings. The maximum atomic E-state index is 11.2. The highest BCUT2D eigenvalue weighted by Gasteiger charge is 2.14. The van der Waals surface area contributed by atoms with Crippen molar-refractivity contribution in [1.82, 2.24) is 4.90 Å². The number of nitrogens with zero attached hydrogens (tertiary/aromatic N) is 1.